The molecule has 1 aromatic heterocycles. The van der Waals surface area contributed by atoms with Gasteiger partial charge in [0, 0.05) is 23.5 Å². The van der Waals surface area contributed by atoms with Crippen LogP contribution in [0.5, 0.6) is 0 Å². The van der Waals surface area contributed by atoms with Gasteiger partial charge < -0.3 is 15.5 Å². The molecule has 2 aromatic rings. The summed E-state index contributed by atoms with van der Waals surface area (Å²) in [4.78, 5) is 14.7. The van der Waals surface area contributed by atoms with Crippen LogP contribution in [0.25, 0.3) is 10.9 Å². The van der Waals surface area contributed by atoms with Gasteiger partial charge in [-0.25, -0.2) is 0 Å². The van der Waals surface area contributed by atoms with Crippen LogP contribution in [0.1, 0.15) is 5.56 Å². The Bertz CT molecular complexity index is 565. The van der Waals surface area contributed by atoms with Gasteiger partial charge in [-0.2, -0.15) is 0 Å². The smallest absolute Gasteiger partial charge is 0.323 e. The molecule has 102 valence electrons. The maximum atomic E-state index is 11.6. The lowest BCUT2D eigenvalue weighted by atomic mass is 10.1. The summed E-state index contributed by atoms with van der Waals surface area (Å²) in [6, 6.07) is 7.26. The van der Waals surface area contributed by atoms with Gasteiger partial charge in [-0.3, -0.25) is 4.79 Å². The SMILES string of the molecule is C=CCOC(=O)C(N)Cc1c[nH]c2ccccc12.Cl. The minimum Gasteiger partial charge on any atom is -0.460 e. The van der Waals surface area contributed by atoms with Crippen LogP contribution >= 0.6 is 12.4 Å². The number of rotatable bonds is 5. The van der Waals surface area contributed by atoms with Crippen molar-refractivity contribution in [3.8, 4) is 0 Å². The normalized spacial score (nSPS) is 11.6. The van der Waals surface area contributed by atoms with Gasteiger partial charge in [0.1, 0.15) is 12.6 Å². The molecule has 0 aliphatic heterocycles. The van der Waals surface area contributed by atoms with Gasteiger partial charge in [-0.15, -0.1) is 12.4 Å². The second kappa shape index (κ2) is 6.97. The van der Waals surface area contributed by atoms with Crippen molar-refractivity contribution in [1.82, 2.24) is 4.98 Å². The summed E-state index contributed by atoms with van der Waals surface area (Å²) in [5, 5.41) is 1.09. The molecule has 1 atom stereocenters. The predicted molar refractivity (Wildman–Crippen MR) is 78.4 cm³/mol. The Labute approximate surface area is 118 Å². The molecular formula is C14H17ClN2O2. The van der Waals surface area contributed by atoms with Crippen molar-refractivity contribution in [3.63, 3.8) is 0 Å². The molecule has 1 unspecified atom stereocenters. The Balaban J connectivity index is 0.00000180. The van der Waals surface area contributed by atoms with Crippen molar-refractivity contribution < 1.29 is 9.53 Å². The predicted octanol–water partition coefficient (Wildman–Crippen LogP) is 2.19. The third-order valence-corrected chi connectivity index (χ3v) is 2.76. The average molecular weight is 281 g/mol. The lowest BCUT2D eigenvalue weighted by molar-refractivity contribution is -0.143. The first-order chi connectivity index (χ1) is 8.72. The Kier molecular flexibility index (Phi) is 5.60. The molecule has 5 heteroatoms. The quantitative estimate of drug-likeness (QED) is 0.652. The molecule has 19 heavy (non-hydrogen) atoms. The number of hydrogen-bond donors (Lipinski definition) is 2. The van der Waals surface area contributed by atoms with E-state index in [2.05, 4.69) is 11.6 Å². The molecule has 0 amide bonds. The zero-order valence-electron chi connectivity index (χ0n) is 10.5. The van der Waals surface area contributed by atoms with E-state index in [9.17, 15) is 4.79 Å². The van der Waals surface area contributed by atoms with E-state index in [0.29, 0.717) is 6.42 Å². The molecule has 0 aliphatic carbocycles. The molecule has 0 fully saturated rings. The first-order valence-electron chi connectivity index (χ1n) is 5.80. The fraction of sp³-hybridized carbons (Fsp3) is 0.214. The monoisotopic (exact) mass is 280 g/mol. The maximum absolute atomic E-state index is 11.6. The van der Waals surface area contributed by atoms with Gasteiger partial charge in [0.15, 0.2) is 0 Å². The van der Waals surface area contributed by atoms with Crippen LogP contribution in [-0.2, 0) is 16.0 Å². The van der Waals surface area contributed by atoms with Gasteiger partial charge in [0.25, 0.3) is 0 Å². The molecule has 1 aromatic carbocycles. The number of nitrogens with two attached hydrogens (primary N) is 1. The van der Waals surface area contributed by atoms with Crippen molar-refractivity contribution in [2.75, 3.05) is 6.61 Å². The molecule has 0 saturated heterocycles. The highest BCUT2D eigenvalue weighted by atomic mass is 35.5. The summed E-state index contributed by atoms with van der Waals surface area (Å²) < 4.78 is 4.92. The van der Waals surface area contributed by atoms with E-state index in [1.165, 1.54) is 6.08 Å². The van der Waals surface area contributed by atoms with Crippen molar-refractivity contribution >= 4 is 29.3 Å². The largest absolute Gasteiger partial charge is 0.460 e. The average Bonchev–Trinajstić information content (AvgIpc) is 2.79. The van der Waals surface area contributed by atoms with E-state index < -0.39 is 12.0 Å². The molecule has 4 nitrogen and oxygen atoms in total. The topological polar surface area (TPSA) is 68.1 Å². The lowest BCUT2D eigenvalue weighted by Gasteiger charge is -2.09. The Morgan fingerprint density at radius 2 is 2.21 bits per heavy atom. The number of hydrogen-bond acceptors (Lipinski definition) is 3. The summed E-state index contributed by atoms with van der Waals surface area (Å²) >= 11 is 0. The summed E-state index contributed by atoms with van der Waals surface area (Å²) in [7, 11) is 0. The Hall–Kier alpha value is -1.78. The molecule has 3 N–H and O–H groups in total. The van der Waals surface area contributed by atoms with Crippen LogP contribution < -0.4 is 5.73 Å². The number of H-pyrrole nitrogens is 1. The van der Waals surface area contributed by atoms with E-state index in [1.54, 1.807) is 0 Å². The Morgan fingerprint density at radius 1 is 1.47 bits per heavy atom. The highest BCUT2D eigenvalue weighted by molar-refractivity contribution is 5.85. The number of aromatic nitrogens is 1. The summed E-state index contributed by atoms with van der Waals surface area (Å²) in [6.45, 7) is 3.68. The van der Waals surface area contributed by atoms with Crippen molar-refractivity contribution in [1.29, 1.82) is 0 Å². The first-order valence-corrected chi connectivity index (χ1v) is 5.80. The lowest BCUT2D eigenvalue weighted by Crippen LogP contribution is -2.34. The number of esters is 1. The fourth-order valence-corrected chi connectivity index (χ4v) is 1.87. The van der Waals surface area contributed by atoms with Gasteiger partial charge in [-0.05, 0) is 11.6 Å². The zero-order chi connectivity index (χ0) is 13.0. The number of fused-ring (bicyclic) bond motifs is 1. The number of carbonyl (C=O) groups is 1. The van der Waals surface area contributed by atoms with E-state index >= 15 is 0 Å². The molecule has 0 radical (unpaired) electrons. The first kappa shape index (κ1) is 15.3. The summed E-state index contributed by atoms with van der Waals surface area (Å²) in [6.07, 6.45) is 3.86. The number of nitrogens with one attached hydrogen (secondary N) is 1. The number of para-hydroxylation sites is 1. The maximum Gasteiger partial charge on any atom is 0.323 e. The van der Waals surface area contributed by atoms with Gasteiger partial charge in [0.2, 0.25) is 0 Å². The third-order valence-electron chi connectivity index (χ3n) is 2.76. The molecule has 0 aliphatic rings. The number of benzene rings is 1. The van der Waals surface area contributed by atoms with Crippen LogP contribution in [0.15, 0.2) is 43.1 Å². The summed E-state index contributed by atoms with van der Waals surface area (Å²) in [5.41, 5.74) is 7.88. The number of halogens is 1. The zero-order valence-corrected chi connectivity index (χ0v) is 11.3. The van der Waals surface area contributed by atoms with E-state index in [0.717, 1.165) is 16.5 Å². The second-order valence-electron chi connectivity index (χ2n) is 4.09. The van der Waals surface area contributed by atoms with Crippen molar-refractivity contribution in [2.45, 2.75) is 12.5 Å². The van der Waals surface area contributed by atoms with Crippen LogP contribution in [0.2, 0.25) is 0 Å². The second-order valence-corrected chi connectivity index (χ2v) is 4.09. The number of aromatic amines is 1. The van der Waals surface area contributed by atoms with Crippen LogP contribution in [0.4, 0.5) is 0 Å². The van der Waals surface area contributed by atoms with Gasteiger partial charge >= 0.3 is 5.97 Å². The van der Waals surface area contributed by atoms with Crippen molar-refractivity contribution in [2.24, 2.45) is 5.73 Å². The molecule has 0 bridgehead atoms. The fourth-order valence-electron chi connectivity index (χ4n) is 1.87. The summed E-state index contributed by atoms with van der Waals surface area (Å²) in [5.74, 6) is -0.403. The molecule has 2 rings (SSSR count). The number of ether oxygens (including phenoxy) is 1. The molecule has 0 saturated carbocycles. The number of carbonyl (C=O) groups excluding carboxylic acids is 1. The van der Waals surface area contributed by atoms with Gasteiger partial charge in [-0.1, -0.05) is 30.9 Å². The van der Waals surface area contributed by atoms with E-state index in [1.807, 2.05) is 30.5 Å². The standard InChI is InChI=1S/C14H16N2O2.ClH/c1-2-7-18-14(17)12(15)8-10-9-16-13-6-4-3-5-11(10)13;/h2-6,9,12,16H,1,7-8,15H2;1H. The van der Waals surface area contributed by atoms with Crippen LogP contribution in [0.3, 0.4) is 0 Å². The van der Waals surface area contributed by atoms with Crippen LogP contribution in [-0.4, -0.2) is 23.6 Å². The Morgan fingerprint density at radius 3 is 2.95 bits per heavy atom. The minimum absolute atomic E-state index is 0. The van der Waals surface area contributed by atoms with Crippen molar-refractivity contribution in [3.05, 3.63) is 48.7 Å². The highest BCUT2D eigenvalue weighted by Gasteiger charge is 2.16. The third kappa shape index (κ3) is 3.59. The minimum atomic E-state index is -0.649. The molecule has 0 spiro atoms. The highest BCUT2D eigenvalue weighted by Crippen LogP contribution is 2.18. The van der Waals surface area contributed by atoms with E-state index in [-0.39, 0.29) is 19.0 Å². The van der Waals surface area contributed by atoms with Crippen LogP contribution in [0, 0.1) is 0 Å². The molecule has 1 heterocycles. The molecular weight excluding hydrogens is 264 g/mol. The van der Waals surface area contributed by atoms with Gasteiger partial charge in [0.05, 0.1) is 0 Å². The van der Waals surface area contributed by atoms with E-state index in [4.69, 9.17) is 10.5 Å².